The van der Waals surface area contributed by atoms with Gasteiger partial charge in [0.15, 0.2) is 0 Å². The summed E-state index contributed by atoms with van der Waals surface area (Å²) in [6.07, 6.45) is 0.823. The van der Waals surface area contributed by atoms with Crippen LogP contribution in [0.15, 0.2) is 24.3 Å². The Morgan fingerprint density at radius 3 is 2.74 bits per heavy atom. The first-order valence-electron chi connectivity index (χ1n) is 6.98. The number of benzene rings is 1. The van der Waals surface area contributed by atoms with Gasteiger partial charge in [0.05, 0.1) is 6.61 Å². The lowest BCUT2D eigenvalue weighted by atomic mass is 10.0. The van der Waals surface area contributed by atoms with E-state index in [1.165, 1.54) is 12.1 Å². The van der Waals surface area contributed by atoms with Gasteiger partial charge in [0, 0.05) is 25.7 Å². The van der Waals surface area contributed by atoms with Crippen molar-refractivity contribution in [3.63, 3.8) is 0 Å². The van der Waals surface area contributed by atoms with Crippen LogP contribution in [0, 0.1) is 5.82 Å². The standard InChI is InChI=1S/C15H25FN2O/c1-3-18(10-11-19-4-2)9-8-15(17)13-6-5-7-14(16)12-13/h5-7,12,15H,3-4,8-11,17H2,1-2H3. The molecule has 1 unspecified atom stereocenters. The van der Waals surface area contributed by atoms with Gasteiger partial charge in [-0.05, 0) is 37.6 Å². The topological polar surface area (TPSA) is 38.5 Å². The van der Waals surface area contributed by atoms with Gasteiger partial charge in [0.25, 0.3) is 0 Å². The van der Waals surface area contributed by atoms with E-state index in [1.54, 1.807) is 6.07 Å². The number of likely N-dealkylation sites (N-methyl/N-ethyl adjacent to an activating group) is 1. The Labute approximate surface area is 115 Å². The Morgan fingerprint density at radius 1 is 1.32 bits per heavy atom. The highest BCUT2D eigenvalue weighted by molar-refractivity contribution is 5.19. The van der Waals surface area contributed by atoms with Crippen LogP contribution in [0.5, 0.6) is 0 Å². The Hall–Kier alpha value is -0.970. The van der Waals surface area contributed by atoms with E-state index < -0.39 is 0 Å². The van der Waals surface area contributed by atoms with Crippen molar-refractivity contribution in [3.8, 4) is 0 Å². The number of nitrogens with zero attached hydrogens (tertiary/aromatic N) is 1. The van der Waals surface area contributed by atoms with Gasteiger partial charge in [-0.25, -0.2) is 4.39 Å². The predicted molar refractivity (Wildman–Crippen MR) is 76.6 cm³/mol. The van der Waals surface area contributed by atoms with E-state index in [4.69, 9.17) is 10.5 Å². The summed E-state index contributed by atoms with van der Waals surface area (Å²) in [5.74, 6) is -0.225. The van der Waals surface area contributed by atoms with Crippen molar-refractivity contribution < 1.29 is 9.13 Å². The summed E-state index contributed by atoms with van der Waals surface area (Å²) in [5, 5.41) is 0. The zero-order valence-corrected chi connectivity index (χ0v) is 11.9. The van der Waals surface area contributed by atoms with E-state index in [0.29, 0.717) is 0 Å². The molecule has 0 fully saturated rings. The largest absolute Gasteiger partial charge is 0.380 e. The average molecular weight is 268 g/mol. The third-order valence-electron chi connectivity index (χ3n) is 3.24. The maximum absolute atomic E-state index is 13.1. The molecule has 0 radical (unpaired) electrons. The number of rotatable bonds is 9. The third-order valence-corrected chi connectivity index (χ3v) is 3.24. The summed E-state index contributed by atoms with van der Waals surface area (Å²) in [7, 11) is 0. The third kappa shape index (κ3) is 6.14. The molecule has 3 nitrogen and oxygen atoms in total. The van der Waals surface area contributed by atoms with Gasteiger partial charge in [0.2, 0.25) is 0 Å². The van der Waals surface area contributed by atoms with Crippen molar-refractivity contribution in [1.29, 1.82) is 0 Å². The van der Waals surface area contributed by atoms with Crippen molar-refractivity contribution in [2.75, 3.05) is 32.8 Å². The van der Waals surface area contributed by atoms with Crippen molar-refractivity contribution >= 4 is 0 Å². The summed E-state index contributed by atoms with van der Waals surface area (Å²) in [6, 6.07) is 6.43. The molecule has 1 aromatic rings. The molecule has 0 saturated carbocycles. The molecule has 0 amide bonds. The Bertz CT molecular complexity index is 360. The molecule has 0 aromatic heterocycles. The molecule has 0 spiro atoms. The van der Waals surface area contributed by atoms with Gasteiger partial charge in [-0.2, -0.15) is 0 Å². The second kappa shape index (κ2) is 9.02. The number of halogens is 1. The lowest BCUT2D eigenvalue weighted by Gasteiger charge is -2.22. The van der Waals surface area contributed by atoms with Crippen LogP contribution in [-0.4, -0.2) is 37.7 Å². The van der Waals surface area contributed by atoms with Crippen LogP contribution in [-0.2, 0) is 4.74 Å². The maximum atomic E-state index is 13.1. The van der Waals surface area contributed by atoms with E-state index in [9.17, 15) is 4.39 Å². The summed E-state index contributed by atoms with van der Waals surface area (Å²) in [6.45, 7) is 8.42. The first kappa shape index (κ1) is 16.1. The second-order valence-corrected chi connectivity index (χ2v) is 4.58. The normalized spacial score (nSPS) is 12.9. The minimum absolute atomic E-state index is 0.114. The van der Waals surface area contributed by atoms with E-state index >= 15 is 0 Å². The van der Waals surface area contributed by atoms with Gasteiger partial charge >= 0.3 is 0 Å². The summed E-state index contributed by atoms with van der Waals surface area (Å²) < 4.78 is 18.5. The molecular formula is C15H25FN2O. The number of hydrogen-bond donors (Lipinski definition) is 1. The average Bonchev–Trinajstić information content (AvgIpc) is 2.42. The first-order chi connectivity index (χ1) is 9.17. The van der Waals surface area contributed by atoms with Gasteiger partial charge in [0.1, 0.15) is 5.82 Å². The molecule has 108 valence electrons. The predicted octanol–water partition coefficient (Wildman–Crippen LogP) is 2.57. The highest BCUT2D eigenvalue weighted by Gasteiger charge is 2.09. The van der Waals surface area contributed by atoms with E-state index in [0.717, 1.165) is 44.8 Å². The summed E-state index contributed by atoms with van der Waals surface area (Å²) >= 11 is 0. The molecule has 0 bridgehead atoms. The molecule has 0 aliphatic heterocycles. The van der Waals surface area contributed by atoms with Crippen LogP contribution in [0.4, 0.5) is 4.39 Å². The maximum Gasteiger partial charge on any atom is 0.123 e. The highest BCUT2D eigenvalue weighted by atomic mass is 19.1. The molecule has 4 heteroatoms. The molecule has 19 heavy (non-hydrogen) atoms. The van der Waals surface area contributed by atoms with E-state index in [1.807, 2.05) is 13.0 Å². The fourth-order valence-electron chi connectivity index (χ4n) is 1.99. The Morgan fingerprint density at radius 2 is 2.11 bits per heavy atom. The lowest BCUT2D eigenvalue weighted by molar-refractivity contribution is 0.114. The van der Waals surface area contributed by atoms with E-state index in [-0.39, 0.29) is 11.9 Å². The van der Waals surface area contributed by atoms with Crippen LogP contribution in [0.2, 0.25) is 0 Å². The highest BCUT2D eigenvalue weighted by Crippen LogP contribution is 2.15. The van der Waals surface area contributed by atoms with Crippen molar-refractivity contribution in [2.45, 2.75) is 26.3 Å². The van der Waals surface area contributed by atoms with Gasteiger partial charge in [-0.1, -0.05) is 19.1 Å². The zero-order valence-electron chi connectivity index (χ0n) is 11.9. The number of ether oxygens (including phenoxy) is 1. The first-order valence-corrected chi connectivity index (χ1v) is 6.98. The van der Waals surface area contributed by atoms with Crippen molar-refractivity contribution in [1.82, 2.24) is 4.90 Å². The summed E-state index contributed by atoms with van der Waals surface area (Å²) in [5.41, 5.74) is 6.96. The Balaban J connectivity index is 2.37. The quantitative estimate of drug-likeness (QED) is 0.700. The van der Waals surface area contributed by atoms with Gasteiger partial charge in [-0.15, -0.1) is 0 Å². The van der Waals surface area contributed by atoms with Crippen LogP contribution in [0.3, 0.4) is 0 Å². The van der Waals surface area contributed by atoms with Crippen LogP contribution in [0.1, 0.15) is 31.9 Å². The fraction of sp³-hybridized carbons (Fsp3) is 0.600. The molecule has 1 rings (SSSR count). The van der Waals surface area contributed by atoms with E-state index in [2.05, 4.69) is 11.8 Å². The number of nitrogens with two attached hydrogens (primary N) is 1. The molecule has 0 aliphatic rings. The Kier molecular flexibility index (Phi) is 7.63. The van der Waals surface area contributed by atoms with Crippen LogP contribution in [0.25, 0.3) is 0 Å². The smallest absolute Gasteiger partial charge is 0.123 e. The minimum Gasteiger partial charge on any atom is -0.380 e. The van der Waals surface area contributed by atoms with Crippen molar-refractivity contribution in [2.24, 2.45) is 5.73 Å². The molecule has 0 saturated heterocycles. The molecule has 1 aromatic carbocycles. The minimum atomic E-state index is -0.225. The van der Waals surface area contributed by atoms with Crippen molar-refractivity contribution in [3.05, 3.63) is 35.6 Å². The molecular weight excluding hydrogens is 243 g/mol. The lowest BCUT2D eigenvalue weighted by Crippen LogP contribution is -2.30. The van der Waals surface area contributed by atoms with Gasteiger partial charge < -0.3 is 15.4 Å². The molecule has 0 heterocycles. The molecule has 0 aliphatic carbocycles. The molecule has 2 N–H and O–H groups in total. The monoisotopic (exact) mass is 268 g/mol. The molecule has 1 atom stereocenters. The summed E-state index contributed by atoms with van der Waals surface area (Å²) in [4.78, 5) is 2.30. The zero-order chi connectivity index (χ0) is 14.1. The SMILES string of the molecule is CCOCCN(CC)CCC(N)c1cccc(F)c1. The van der Waals surface area contributed by atoms with Crippen LogP contribution >= 0.6 is 0 Å². The second-order valence-electron chi connectivity index (χ2n) is 4.58. The number of hydrogen-bond acceptors (Lipinski definition) is 3. The van der Waals surface area contributed by atoms with Crippen LogP contribution < -0.4 is 5.73 Å². The fourth-order valence-corrected chi connectivity index (χ4v) is 1.99. The van der Waals surface area contributed by atoms with Gasteiger partial charge in [-0.3, -0.25) is 0 Å².